The molecule has 0 bridgehead atoms. The first kappa shape index (κ1) is 18.9. The lowest BCUT2D eigenvalue weighted by Crippen LogP contribution is -2.45. The van der Waals surface area contributed by atoms with E-state index < -0.39 is 30.6 Å². The number of esters is 1. The molecule has 1 heterocycles. The molecule has 25 heavy (non-hydrogen) atoms. The molecule has 1 saturated carbocycles. The van der Waals surface area contributed by atoms with Gasteiger partial charge in [-0.1, -0.05) is 12.8 Å². The molecule has 3 atom stereocenters. The van der Waals surface area contributed by atoms with Crippen molar-refractivity contribution in [3.05, 3.63) is 0 Å². The predicted octanol–water partition coefficient (Wildman–Crippen LogP) is -0.0610. The summed E-state index contributed by atoms with van der Waals surface area (Å²) >= 11 is 0. The Morgan fingerprint density at radius 1 is 1.16 bits per heavy atom. The minimum atomic E-state index is -1.22. The number of fused-ring (bicyclic) bond motifs is 1. The summed E-state index contributed by atoms with van der Waals surface area (Å²) in [5.74, 6) is -3.01. The van der Waals surface area contributed by atoms with Crippen molar-refractivity contribution in [1.82, 2.24) is 15.5 Å². The molecule has 1 aliphatic carbocycles. The summed E-state index contributed by atoms with van der Waals surface area (Å²) < 4.78 is 4.93. The Balaban J connectivity index is 1.87. The van der Waals surface area contributed by atoms with Gasteiger partial charge in [0.15, 0.2) is 6.10 Å². The number of ether oxygens (including phenoxy) is 1. The van der Waals surface area contributed by atoms with E-state index in [9.17, 15) is 24.0 Å². The fraction of sp³-hybridized carbons (Fsp3) is 0.688. The van der Waals surface area contributed by atoms with Gasteiger partial charge in [-0.25, -0.2) is 4.79 Å². The van der Waals surface area contributed by atoms with Crippen LogP contribution < -0.4 is 10.6 Å². The fourth-order valence-corrected chi connectivity index (χ4v) is 3.22. The third-order valence-electron chi connectivity index (χ3n) is 4.47. The van der Waals surface area contributed by atoms with Crippen LogP contribution in [-0.2, 0) is 23.9 Å². The standard InChI is InChI=1S/C16H23N3O6/c1-3-17-16(24)18-13(21)9(2)25-12(20)8-19-14(22)10-6-4-5-7-11(10)15(19)23/h9-11H,3-8H2,1-2H3,(H2,17,18,21,24). The molecule has 0 spiro atoms. The Kier molecular flexibility index (Phi) is 6.11. The minimum Gasteiger partial charge on any atom is -0.451 e. The van der Waals surface area contributed by atoms with E-state index in [2.05, 4.69) is 5.32 Å². The first-order valence-electron chi connectivity index (χ1n) is 8.48. The van der Waals surface area contributed by atoms with Crippen molar-refractivity contribution in [1.29, 1.82) is 0 Å². The summed E-state index contributed by atoms with van der Waals surface area (Å²) in [6, 6.07) is -0.690. The Morgan fingerprint density at radius 3 is 2.24 bits per heavy atom. The van der Waals surface area contributed by atoms with E-state index in [0.717, 1.165) is 17.7 Å². The van der Waals surface area contributed by atoms with Gasteiger partial charge < -0.3 is 10.1 Å². The number of carbonyl (C=O) groups is 5. The Bertz CT molecular complexity index is 566. The second-order valence-electron chi connectivity index (χ2n) is 6.24. The number of rotatable bonds is 5. The lowest BCUT2D eigenvalue weighted by Gasteiger charge is -2.19. The lowest BCUT2D eigenvalue weighted by atomic mass is 9.81. The molecule has 1 aliphatic heterocycles. The zero-order valence-corrected chi connectivity index (χ0v) is 14.4. The van der Waals surface area contributed by atoms with Gasteiger partial charge in [0, 0.05) is 6.54 Å². The van der Waals surface area contributed by atoms with Crippen LogP contribution in [0, 0.1) is 11.8 Å². The minimum absolute atomic E-state index is 0.340. The lowest BCUT2D eigenvalue weighted by molar-refractivity contribution is -0.159. The highest BCUT2D eigenvalue weighted by molar-refractivity contribution is 6.07. The molecule has 5 amide bonds. The number of imide groups is 2. The Hall–Kier alpha value is -2.45. The number of carbonyl (C=O) groups excluding carboxylic acids is 5. The van der Waals surface area contributed by atoms with Crippen molar-refractivity contribution in [2.45, 2.75) is 45.6 Å². The highest BCUT2D eigenvalue weighted by Gasteiger charge is 2.48. The van der Waals surface area contributed by atoms with Crippen LogP contribution in [0.2, 0.25) is 0 Å². The van der Waals surface area contributed by atoms with E-state index in [1.807, 2.05) is 5.32 Å². The van der Waals surface area contributed by atoms with Gasteiger partial charge in [0.25, 0.3) is 5.91 Å². The van der Waals surface area contributed by atoms with Crippen LogP contribution >= 0.6 is 0 Å². The summed E-state index contributed by atoms with van der Waals surface area (Å²) in [5.41, 5.74) is 0. The molecule has 2 fully saturated rings. The molecule has 138 valence electrons. The van der Waals surface area contributed by atoms with Crippen molar-refractivity contribution in [2.24, 2.45) is 11.8 Å². The van der Waals surface area contributed by atoms with E-state index in [0.29, 0.717) is 19.4 Å². The van der Waals surface area contributed by atoms with Crippen LogP contribution in [0.3, 0.4) is 0 Å². The molecular formula is C16H23N3O6. The Labute approximate surface area is 145 Å². The third-order valence-corrected chi connectivity index (χ3v) is 4.47. The largest absolute Gasteiger partial charge is 0.451 e. The fourth-order valence-electron chi connectivity index (χ4n) is 3.22. The second kappa shape index (κ2) is 8.09. The van der Waals surface area contributed by atoms with Gasteiger partial charge in [0.2, 0.25) is 11.8 Å². The van der Waals surface area contributed by atoms with E-state index in [1.54, 1.807) is 6.92 Å². The maximum Gasteiger partial charge on any atom is 0.326 e. The van der Waals surface area contributed by atoms with E-state index in [-0.39, 0.29) is 23.7 Å². The number of nitrogens with zero attached hydrogens (tertiary/aromatic N) is 1. The van der Waals surface area contributed by atoms with Gasteiger partial charge in [-0.15, -0.1) is 0 Å². The maximum absolute atomic E-state index is 12.3. The highest BCUT2D eigenvalue weighted by atomic mass is 16.5. The molecule has 2 aliphatic rings. The van der Waals surface area contributed by atoms with E-state index >= 15 is 0 Å². The SMILES string of the molecule is CCNC(=O)NC(=O)C(C)OC(=O)CN1C(=O)C2CCCCC2C1=O. The van der Waals surface area contributed by atoms with Crippen LogP contribution in [0.25, 0.3) is 0 Å². The van der Waals surface area contributed by atoms with E-state index in [1.165, 1.54) is 6.92 Å². The van der Waals surface area contributed by atoms with Gasteiger partial charge in [0.1, 0.15) is 6.54 Å². The summed E-state index contributed by atoms with van der Waals surface area (Å²) in [6.07, 6.45) is 1.90. The van der Waals surface area contributed by atoms with Gasteiger partial charge in [-0.2, -0.15) is 0 Å². The molecular weight excluding hydrogens is 330 g/mol. The average molecular weight is 353 g/mol. The van der Waals surface area contributed by atoms with Gasteiger partial charge in [0.05, 0.1) is 11.8 Å². The first-order chi connectivity index (χ1) is 11.8. The van der Waals surface area contributed by atoms with Crippen molar-refractivity contribution in [2.75, 3.05) is 13.1 Å². The van der Waals surface area contributed by atoms with Crippen LogP contribution in [0.5, 0.6) is 0 Å². The first-order valence-corrected chi connectivity index (χ1v) is 8.48. The third kappa shape index (κ3) is 4.34. The number of hydrogen-bond acceptors (Lipinski definition) is 6. The van der Waals surface area contributed by atoms with Crippen molar-refractivity contribution >= 4 is 29.7 Å². The average Bonchev–Trinajstić information content (AvgIpc) is 2.80. The molecule has 2 rings (SSSR count). The highest BCUT2D eigenvalue weighted by Crippen LogP contribution is 2.37. The van der Waals surface area contributed by atoms with Gasteiger partial charge >= 0.3 is 12.0 Å². The predicted molar refractivity (Wildman–Crippen MR) is 84.9 cm³/mol. The topological polar surface area (TPSA) is 122 Å². The molecule has 0 aromatic rings. The quantitative estimate of drug-likeness (QED) is 0.527. The Morgan fingerprint density at radius 2 is 1.72 bits per heavy atom. The van der Waals surface area contributed by atoms with Crippen LogP contribution in [0.1, 0.15) is 39.5 Å². The molecule has 1 saturated heterocycles. The van der Waals surface area contributed by atoms with Gasteiger partial charge in [-0.05, 0) is 26.7 Å². The maximum atomic E-state index is 12.3. The smallest absolute Gasteiger partial charge is 0.326 e. The molecule has 3 unspecified atom stereocenters. The number of hydrogen-bond donors (Lipinski definition) is 2. The summed E-state index contributed by atoms with van der Waals surface area (Å²) in [6.45, 7) is 2.83. The summed E-state index contributed by atoms with van der Waals surface area (Å²) in [5, 5.41) is 4.40. The van der Waals surface area contributed by atoms with Crippen LogP contribution in [-0.4, -0.2) is 53.8 Å². The molecule has 0 radical (unpaired) electrons. The number of amides is 5. The second-order valence-corrected chi connectivity index (χ2v) is 6.24. The van der Waals surface area contributed by atoms with Crippen LogP contribution in [0.15, 0.2) is 0 Å². The summed E-state index contributed by atoms with van der Waals surface area (Å²) in [7, 11) is 0. The zero-order valence-electron chi connectivity index (χ0n) is 14.4. The van der Waals surface area contributed by atoms with E-state index in [4.69, 9.17) is 4.74 Å². The number of nitrogens with one attached hydrogen (secondary N) is 2. The molecule has 2 N–H and O–H groups in total. The molecule has 9 heteroatoms. The van der Waals surface area contributed by atoms with Crippen molar-refractivity contribution < 1.29 is 28.7 Å². The normalized spacial score (nSPS) is 23.7. The zero-order chi connectivity index (χ0) is 18.6. The monoisotopic (exact) mass is 353 g/mol. The van der Waals surface area contributed by atoms with Crippen molar-refractivity contribution in [3.63, 3.8) is 0 Å². The summed E-state index contributed by atoms with van der Waals surface area (Å²) in [4.78, 5) is 60.5. The number of likely N-dealkylation sites (tertiary alicyclic amines) is 1. The molecule has 0 aromatic heterocycles. The van der Waals surface area contributed by atoms with Gasteiger partial charge in [-0.3, -0.25) is 29.4 Å². The molecule has 9 nitrogen and oxygen atoms in total. The van der Waals surface area contributed by atoms with Crippen molar-refractivity contribution in [3.8, 4) is 0 Å². The van der Waals surface area contributed by atoms with Crippen LogP contribution in [0.4, 0.5) is 4.79 Å². The number of urea groups is 1. The molecule has 0 aromatic carbocycles.